The van der Waals surface area contributed by atoms with Crippen molar-refractivity contribution in [2.45, 2.75) is 0 Å². The van der Waals surface area contributed by atoms with Crippen molar-refractivity contribution in [1.82, 2.24) is 0 Å². The van der Waals surface area contributed by atoms with Crippen LogP contribution in [0.1, 0.15) is 5.56 Å². The van der Waals surface area contributed by atoms with Gasteiger partial charge in [0.05, 0.1) is 18.1 Å². The van der Waals surface area contributed by atoms with Gasteiger partial charge in [0.1, 0.15) is 23.1 Å². The molecule has 2 aromatic rings. The van der Waals surface area contributed by atoms with Gasteiger partial charge in [-0.15, -0.1) is 0 Å². The summed E-state index contributed by atoms with van der Waals surface area (Å²) in [4.78, 5) is 22.8. The summed E-state index contributed by atoms with van der Waals surface area (Å²) in [6.07, 6.45) is 1.40. The van der Waals surface area contributed by atoms with Crippen LogP contribution in [0.5, 0.6) is 5.75 Å². The number of halogens is 1. The number of ether oxygens (including phenoxy) is 1. The van der Waals surface area contributed by atoms with Crippen LogP contribution in [0.25, 0.3) is 6.08 Å². The summed E-state index contributed by atoms with van der Waals surface area (Å²) in [5, 5.41) is 22.8. The monoisotopic (exact) mass is 401 g/mol. The Bertz CT molecular complexity index is 903. The Morgan fingerprint density at radius 3 is 2.72 bits per heavy atom. The molecule has 0 fully saturated rings. The maximum absolute atomic E-state index is 12.3. The smallest absolute Gasteiger partial charge is 0.296 e. The lowest BCUT2D eigenvalue weighted by Crippen LogP contribution is -2.14. The molecule has 1 N–H and O–H groups in total. The number of nitro groups is 1. The first-order chi connectivity index (χ1) is 11.9. The van der Waals surface area contributed by atoms with Crippen LogP contribution in [0, 0.1) is 21.4 Å². The lowest BCUT2D eigenvalue weighted by atomic mass is 10.1. The van der Waals surface area contributed by atoms with Gasteiger partial charge in [0.2, 0.25) is 0 Å². The van der Waals surface area contributed by atoms with Crippen LogP contribution in [0.3, 0.4) is 0 Å². The molecule has 0 aromatic heterocycles. The average Bonchev–Trinajstić information content (AvgIpc) is 2.59. The molecule has 0 aliphatic rings. The van der Waals surface area contributed by atoms with E-state index in [9.17, 15) is 20.2 Å². The quantitative estimate of drug-likeness (QED) is 0.353. The van der Waals surface area contributed by atoms with E-state index in [0.29, 0.717) is 5.56 Å². The molecule has 0 saturated heterocycles. The third-order valence-electron chi connectivity index (χ3n) is 3.17. The fourth-order valence-electron chi connectivity index (χ4n) is 2.00. The Hall–Kier alpha value is -3.18. The molecule has 7 nitrogen and oxygen atoms in total. The second-order valence-electron chi connectivity index (χ2n) is 4.82. The third kappa shape index (κ3) is 4.65. The van der Waals surface area contributed by atoms with Gasteiger partial charge in [-0.3, -0.25) is 14.9 Å². The van der Waals surface area contributed by atoms with Crippen molar-refractivity contribution in [3.8, 4) is 11.8 Å². The van der Waals surface area contributed by atoms with E-state index in [2.05, 4.69) is 21.2 Å². The summed E-state index contributed by atoms with van der Waals surface area (Å²) in [6.45, 7) is 0. The van der Waals surface area contributed by atoms with Gasteiger partial charge in [-0.25, -0.2) is 0 Å². The van der Waals surface area contributed by atoms with Crippen molar-refractivity contribution in [3.05, 3.63) is 68.2 Å². The lowest BCUT2D eigenvalue weighted by Gasteiger charge is -2.07. The van der Waals surface area contributed by atoms with Gasteiger partial charge in [0.25, 0.3) is 11.6 Å². The molecule has 0 heterocycles. The fourth-order valence-corrected chi connectivity index (χ4v) is 2.41. The molecular formula is C17H12BrN3O4. The number of nitrogens with zero attached hydrogens (tertiary/aromatic N) is 2. The van der Waals surface area contributed by atoms with Crippen LogP contribution in [0.4, 0.5) is 11.4 Å². The zero-order valence-corrected chi connectivity index (χ0v) is 14.6. The van der Waals surface area contributed by atoms with E-state index >= 15 is 0 Å². The summed E-state index contributed by atoms with van der Waals surface area (Å²) in [6, 6.07) is 12.9. The average molecular weight is 402 g/mol. The molecular weight excluding hydrogens is 390 g/mol. The third-order valence-corrected chi connectivity index (χ3v) is 3.67. The Balaban J connectivity index is 2.32. The highest BCUT2D eigenvalue weighted by Crippen LogP contribution is 2.29. The number of hydrogen-bond donors (Lipinski definition) is 1. The predicted molar refractivity (Wildman–Crippen MR) is 96.0 cm³/mol. The number of benzene rings is 2. The first kappa shape index (κ1) is 18.2. The molecule has 2 aromatic carbocycles. The summed E-state index contributed by atoms with van der Waals surface area (Å²) in [7, 11) is 1.38. The predicted octanol–water partition coefficient (Wildman–Crippen LogP) is 3.91. The van der Waals surface area contributed by atoms with Crippen LogP contribution in [-0.4, -0.2) is 17.9 Å². The molecule has 0 atom stereocenters. The van der Waals surface area contributed by atoms with E-state index in [0.717, 1.165) is 4.47 Å². The minimum absolute atomic E-state index is 0.0220. The van der Waals surface area contributed by atoms with Crippen LogP contribution >= 0.6 is 15.9 Å². The van der Waals surface area contributed by atoms with E-state index < -0.39 is 10.8 Å². The van der Waals surface area contributed by atoms with Gasteiger partial charge < -0.3 is 10.1 Å². The van der Waals surface area contributed by atoms with Crippen LogP contribution in [-0.2, 0) is 4.79 Å². The summed E-state index contributed by atoms with van der Waals surface area (Å²) >= 11 is 3.30. The van der Waals surface area contributed by atoms with Crippen LogP contribution in [0.15, 0.2) is 52.5 Å². The van der Waals surface area contributed by atoms with Crippen LogP contribution < -0.4 is 10.1 Å². The summed E-state index contributed by atoms with van der Waals surface area (Å²) in [5.41, 5.74) is 0.118. The number of methoxy groups -OCH3 is 1. The highest BCUT2D eigenvalue weighted by Gasteiger charge is 2.19. The number of nitriles is 1. The highest BCUT2D eigenvalue weighted by atomic mass is 79.9. The number of carbonyl (C=O) groups is 1. The lowest BCUT2D eigenvalue weighted by molar-refractivity contribution is -0.384. The molecule has 0 aliphatic heterocycles. The topological polar surface area (TPSA) is 105 Å². The SMILES string of the molecule is COc1ccc(NC(=O)/C(C#N)=C/c2cccc(Br)c2)c([N+](=O)[O-])c1. The number of carbonyl (C=O) groups excluding carboxylic acids is 1. The van der Waals surface area contributed by atoms with Gasteiger partial charge in [-0.2, -0.15) is 5.26 Å². The Kier molecular flexibility index (Phi) is 5.87. The molecule has 0 aliphatic carbocycles. The molecule has 0 radical (unpaired) electrons. The second kappa shape index (κ2) is 8.08. The van der Waals surface area contributed by atoms with Gasteiger partial charge in [-0.05, 0) is 35.9 Å². The molecule has 0 spiro atoms. The van der Waals surface area contributed by atoms with Gasteiger partial charge >= 0.3 is 0 Å². The van der Waals surface area contributed by atoms with E-state index in [1.54, 1.807) is 24.3 Å². The van der Waals surface area contributed by atoms with E-state index in [-0.39, 0.29) is 22.7 Å². The van der Waals surface area contributed by atoms with Gasteiger partial charge in [-0.1, -0.05) is 28.1 Å². The van der Waals surface area contributed by atoms with Crippen LogP contribution in [0.2, 0.25) is 0 Å². The molecule has 1 amide bonds. The van der Waals surface area contributed by atoms with E-state index in [4.69, 9.17) is 4.74 Å². The molecule has 0 saturated carbocycles. The molecule has 2 rings (SSSR count). The number of nitro benzene ring substituents is 1. The van der Waals surface area contributed by atoms with Crippen molar-refractivity contribution < 1.29 is 14.5 Å². The first-order valence-electron chi connectivity index (χ1n) is 6.95. The molecule has 25 heavy (non-hydrogen) atoms. The second-order valence-corrected chi connectivity index (χ2v) is 5.73. The largest absolute Gasteiger partial charge is 0.496 e. The Morgan fingerprint density at radius 2 is 2.12 bits per heavy atom. The Morgan fingerprint density at radius 1 is 1.36 bits per heavy atom. The first-order valence-corrected chi connectivity index (χ1v) is 7.75. The van der Waals surface area contributed by atoms with Gasteiger partial charge in [0.15, 0.2) is 0 Å². The molecule has 0 bridgehead atoms. The fraction of sp³-hybridized carbons (Fsp3) is 0.0588. The minimum atomic E-state index is -0.740. The van der Waals surface area contributed by atoms with Crippen molar-refractivity contribution in [2.24, 2.45) is 0 Å². The summed E-state index contributed by atoms with van der Waals surface area (Å²) < 4.78 is 5.73. The highest BCUT2D eigenvalue weighted by molar-refractivity contribution is 9.10. The van der Waals surface area contributed by atoms with Crippen molar-refractivity contribution in [1.29, 1.82) is 5.26 Å². The summed E-state index contributed by atoms with van der Waals surface area (Å²) in [5.74, 6) is -0.453. The van der Waals surface area contributed by atoms with Crippen molar-refractivity contribution >= 4 is 39.3 Å². The number of hydrogen-bond acceptors (Lipinski definition) is 5. The maximum atomic E-state index is 12.3. The van der Waals surface area contributed by atoms with E-state index in [1.807, 2.05) is 6.07 Å². The Labute approximate surface area is 151 Å². The molecule has 8 heteroatoms. The van der Waals surface area contributed by atoms with Crippen molar-refractivity contribution in [2.75, 3.05) is 12.4 Å². The zero-order valence-electron chi connectivity index (χ0n) is 13.0. The maximum Gasteiger partial charge on any atom is 0.296 e. The van der Waals surface area contributed by atoms with Gasteiger partial charge in [0, 0.05) is 4.47 Å². The molecule has 126 valence electrons. The standard InChI is InChI=1S/C17H12BrN3O4/c1-25-14-5-6-15(16(9-14)21(23)24)20-17(22)12(10-19)7-11-3-2-4-13(18)8-11/h2-9H,1H3,(H,20,22)/b12-7+. The normalized spacial score (nSPS) is 10.7. The zero-order chi connectivity index (χ0) is 18.4. The number of rotatable bonds is 5. The molecule has 0 unspecified atom stereocenters. The number of anilines is 1. The number of amides is 1. The number of nitrogens with one attached hydrogen (secondary N) is 1. The van der Waals surface area contributed by atoms with Crippen molar-refractivity contribution in [3.63, 3.8) is 0 Å². The minimum Gasteiger partial charge on any atom is -0.496 e. The van der Waals surface area contributed by atoms with E-state index in [1.165, 1.54) is 31.4 Å².